The zero-order valence-corrected chi connectivity index (χ0v) is 12.7. The molecule has 20 heavy (non-hydrogen) atoms. The van der Waals surface area contributed by atoms with Crippen molar-refractivity contribution in [3.05, 3.63) is 0 Å². The van der Waals surface area contributed by atoms with Crippen molar-refractivity contribution in [2.75, 3.05) is 45.9 Å². The van der Waals surface area contributed by atoms with Crippen molar-refractivity contribution in [2.45, 2.75) is 38.6 Å². The third kappa shape index (κ3) is 5.38. The first-order valence-corrected chi connectivity index (χ1v) is 8.06. The Bertz CT molecular complexity index is 293. The van der Waals surface area contributed by atoms with Gasteiger partial charge in [-0.1, -0.05) is 6.92 Å². The van der Waals surface area contributed by atoms with Crippen LogP contribution in [0.5, 0.6) is 0 Å². The highest BCUT2D eigenvalue weighted by atomic mass is 16.5. The van der Waals surface area contributed by atoms with Crippen LogP contribution in [0.4, 0.5) is 0 Å². The summed E-state index contributed by atoms with van der Waals surface area (Å²) in [6.45, 7) is 8.88. The largest absolute Gasteiger partial charge is 0.379 e. The lowest BCUT2D eigenvalue weighted by Gasteiger charge is -2.29. The van der Waals surface area contributed by atoms with Gasteiger partial charge in [-0.15, -0.1) is 0 Å². The molecular formula is C15H29N3O2. The summed E-state index contributed by atoms with van der Waals surface area (Å²) in [6.07, 6.45) is 4.12. The fraction of sp³-hybridized carbons (Fsp3) is 0.933. The Morgan fingerprint density at radius 2 is 2.20 bits per heavy atom. The van der Waals surface area contributed by atoms with Gasteiger partial charge in [0.25, 0.3) is 0 Å². The van der Waals surface area contributed by atoms with Crippen LogP contribution in [-0.4, -0.2) is 62.8 Å². The van der Waals surface area contributed by atoms with Crippen molar-refractivity contribution in [3.63, 3.8) is 0 Å². The fourth-order valence-electron chi connectivity index (χ4n) is 3.01. The highest BCUT2D eigenvalue weighted by Gasteiger charge is 2.22. The van der Waals surface area contributed by atoms with Crippen molar-refractivity contribution in [1.29, 1.82) is 0 Å². The first-order valence-electron chi connectivity index (χ1n) is 8.06. The third-order valence-electron chi connectivity index (χ3n) is 4.41. The van der Waals surface area contributed by atoms with E-state index in [-0.39, 0.29) is 5.91 Å². The van der Waals surface area contributed by atoms with E-state index < -0.39 is 0 Å². The minimum Gasteiger partial charge on any atom is -0.379 e. The van der Waals surface area contributed by atoms with Gasteiger partial charge in [0.1, 0.15) is 0 Å². The highest BCUT2D eigenvalue weighted by Crippen LogP contribution is 2.17. The van der Waals surface area contributed by atoms with Crippen LogP contribution in [0.3, 0.4) is 0 Å². The molecule has 5 heteroatoms. The lowest BCUT2D eigenvalue weighted by atomic mass is 9.90. The molecule has 1 amide bonds. The van der Waals surface area contributed by atoms with Gasteiger partial charge in [-0.2, -0.15) is 0 Å². The molecule has 2 fully saturated rings. The standard InChI is InChI=1S/C15H29N3O2/c1-13-4-2-5-16-14(13)12-15(19)17-6-3-7-18-8-10-20-11-9-18/h13-14,16H,2-12H2,1H3,(H,17,19). The molecule has 0 aliphatic carbocycles. The van der Waals surface area contributed by atoms with Crippen LogP contribution in [0, 0.1) is 5.92 Å². The van der Waals surface area contributed by atoms with Gasteiger partial charge >= 0.3 is 0 Å². The van der Waals surface area contributed by atoms with E-state index in [0.29, 0.717) is 18.4 Å². The van der Waals surface area contributed by atoms with Gasteiger partial charge in [-0.3, -0.25) is 9.69 Å². The van der Waals surface area contributed by atoms with E-state index in [0.717, 1.165) is 52.4 Å². The van der Waals surface area contributed by atoms with Crippen LogP contribution in [0.15, 0.2) is 0 Å². The SMILES string of the molecule is CC1CCCNC1CC(=O)NCCCN1CCOCC1. The molecule has 0 radical (unpaired) electrons. The van der Waals surface area contributed by atoms with E-state index in [1.165, 1.54) is 12.8 Å². The quantitative estimate of drug-likeness (QED) is 0.701. The maximum atomic E-state index is 11.9. The number of ether oxygens (including phenoxy) is 1. The summed E-state index contributed by atoms with van der Waals surface area (Å²) in [5.41, 5.74) is 0. The molecule has 0 saturated carbocycles. The molecule has 2 unspecified atom stereocenters. The van der Waals surface area contributed by atoms with Gasteiger partial charge in [-0.25, -0.2) is 0 Å². The van der Waals surface area contributed by atoms with E-state index in [4.69, 9.17) is 4.74 Å². The maximum absolute atomic E-state index is 11.9. The summed E-state index contributed by atoms with van der Waals surface area (Å²) in [5, 5.41) is 6.51. The molecule has 2 aliphatic heterocycles. The van der Waals surface area contributed by atoms with Crippen LogP contribution < -0.4 is 10.6 Å². The lowest BCUT2D eigenvalue weighted by molar-refractivity contribution is -0.122. The average molecular weight is 283 g/mol. The Hall–Kier alpha value is -0.650. The normalized spacial score (nSPS) is 28.2. The molecular weight excluding hydrogens is 254 g/mol. The third-order valence-corrected chi connectivity index (χ3v) is 4.41. The lowest BCUT2D eigenvalue weighted by Crippen LogP contribution is -2.44. The molecule has 0 aromatic rings. The van der Waals surface area contributed by atoms with Gasteiger partial charge in [0, 0.05) is 32.1 Å². The second-order valence-corrected chi connectivity index (χ2v) is 6.04. The molecule has 116 valence electrons. The summed E-state index contributed by atoms with van der Waals surface area (Å²) >= 11 is 0. The van der Waals surface area contributed by atoms with Gasteiger partial charge < -0.3 is 15.4 Å². The second kappa shape index (κ2) is 8.60. The number of hydrogen-bond acceptors (Lipinski definition) is 4. The molecule has 0 spiro atoms. The monoisotopic (exact) mass is 283 g/mol. The molecule has 2 saturated heterocycles. The van der Waals surface area contributed by atoms with Gasteiger partial charge in [0.15, 0.2) is 0 Å². The Morgan fingerprint density at radius 1 is 1.40 bits per heavy atom. The summed E-state index contributed by atoms with van der Waals surface area (Å²) in [5.74, 6) is 0.807. The Kier molecular flexibility index (Phi) is 6.76. The van der Waals surface area contributed by atoms with Crippen LogP contribution in [0.2, 0.25) is 0 Å². The maximum Gasteiger partial charge on any atom is 0.221 e. The molecule has 0 aromatic carbocycles. The molecule has 0 aromatic heterocycles. The van der Waals surface area contributed by atoms with Crippen LogP contribution in [0.1, 0.15) is 32.6 Å². The number of carbonyl (C=O) groups excluding carboxylic acids is 1. The molecule has 2 aliphatic rings. The second-order valence-electron chi connectivity index (χ2n) is 6.04. The van der Waals surface area contributed by atoms with Gasteiger partial charge in [0.05, 0.1) is 13.2 Å². The van der Waals surface area contributed by atoms with E-state index >= 15 is 0 Å². The summed E-state index contributed by atoms with van der Waals surface area (Å²) in [6, 6.07) is 0.364. The molecule has 2 heterocycles. The molecule has 5 nitrogen and oxygen atoms in total. The zero-order valence-electron chi connectivity index (χ0n) is 12.7. The molecule has 2 rings (SSSR count). The van der Waals surface area contributed by atoms with E-state index in [1.54, 1.807) is 0 Å². The number of hydrogen-bond donors (Lipinski definition) is 2. The number of piperidine rings is 1. The first-order chi connectivity index (χ1) is 9.75. The van der Waals surface area contributed by atoms with E-state index in [2.05, 4.69) is 22.5 Å². The minimum atomic E-state index is 0.193. The molecule has 2 atom stereocenters. The number of carbonyl (C=O) groups is 1. The summed E-state index contributed by atoms with van der Waals surface area (Å²) in [7, 11) is 0. The molecule has 2 N–H and O–H groups in total. The Balaban J connectivity index is 1.53. The number of amides is 1. The van der Waals surface area contributed by atoms with Gasteiger partial charge in [-0.05, 0) is 38.3 Å². The average Bonchev–Trinajstić information content (AvgIpc) is 2.47. The van der Waals surface area contributed by atoms with Crippen molar-refractivity contribution in [1.82, 2.24) is 15.5 Å². The van der Waals surface area contributed by atoms with E-state index in [9.17, 15) is 4.79 Å². The van der Waals surface area contributed by atoms with Crippen LogP contribution in [-0.2, 0) is 9.53 Å². The minimum absolute atomic E-state index is 0.193. The number of rotatable bonds is 6. The predicted octanol–water partition coefficient (Wildman–Crippen LogP) is 0.603. The number of nitrogens with one attached hydrogen (secondary N) is 2. The summed E-state index contributed by atoms with van der Waals surface area (Å²) in [4.78, 5) is 14.3. The Morgan fingerprint density at radius 3 is 2.95 bits per heavy atom. The fourth-order valence-corrected chi connectivity index (χ4v) is 3.01. The number of morpholine rings is 1. The van der Waals surface area contributed by atoms with Crippen molar-refractivity contribution in [3.8, 4) is 0 Å². The van der Waals surface area contributed by atoms with Crippen molar-refractivity contribution >= 4 is 5.91 Å². The van der Waals surface area contributed by atoms with E-state index in [1.807, 2.05) is 0 Å². The number of nitrogens with zero attached hydrogens (tertiary/aromatic N) is 1. The van der Waals surface area contributed by atoms with Crippen LogP contribution in [0.25, 0.3) is 0 Å². The first kappa shape index (κ1) is 15.7. The Labute approximate surface area is 122 Å². The predicted molar refractivity (Wildman–Crippen MR) is 79.7 cm³/mol. The van der Waals surface area contributed by atoms with Crippen molar-refractivity contribution in [2.24, 2.45) is 5.92 Å². The topological polar surface area (TPSA) is 53.6 Å². The zero-order chi connectivity index (χ0) is 14.2. The summed E-state index contributed by atoms with van der Waals surface area (Å²) < 4.78 is 5.32. The van der Waals surface area contributed by atoms with Gasteiger partial charge in [0.2, 0.25) is 5.91 Å². The van der Waals surface area contributed by atoms with Crippen LogP contribution >= 0.6 is 0 Å². The molecule has 0 bridgehead atoms. The van der Waals surface area contributed by atoms with Crippen molar-refractivity contribution < 1.29 is 9.53 Å². The highest BCUT2D eigenvalue weighted by molar-refractivity contribution is 5.76. The smallest absolute Gasteiger partial charge is 0.221 e.